The number of piperidine rings is 1. The first-order chi connectivity index (χ1) is 11.7. The van der Waals surface area contributed by atoms with Gasteiger partial charge in [-0.1, -0.05) is 6.07 Å². The smallest absolute Gasteiger partial charge is 0.309 e. The maximum absolute atomic E-state index is 12.7. The molecule has 1 aliphatic rings. The molecular formula is C18H21N3O3. The van der Waals surface area contributed by atoms with Crippen LogP contribution in [0, 0.1) is 5.92 Å². The number of esters is 1. The number of amides is 1. The van der Waals surface area contributed by atoms with Crippen molar-refractivity contribution in [3.8, 4) is 5.69 Å². The van der Waals surface area contributed by atoms with Gasteiger partial charge in [-0.2, -0.15) is 5.10 Å². The van der Waals surface area contributed by atoms with Crippen LogP contribution in [0.3, 0.4) is 0 Å². The average molecular weight is 327 g/mol. The van der Waals surface area contributed by atoms with Crippen molar-refractivity contribution in [2.45, 2.75) is 19.8 Å². The van der Waals surface area contributed by atoms with Crippen LogP contribution in [0.15, 0.2) is 42.7 Å². The molecule has 1 fully saturated rings. The minimum atomic E-state index is -0.148. The van der Waals surface area contributed by atoms with Gasteiger partial charge in [0.25, 0.3) is 5.91 Å². The summed E-state index contributed by atoms with van der Waals surface area (Å²) in [5.74, 6) is -0.249. The second kappa shape index (κ2) is 7.29. The van der Waals surface area contributed by atoms with E-state index in [4.69, 9.17) is 4.74 Å². The first-order valence-electron chi connectivity index (χ1n) is 8.25. The lowest BCUT2D eigenvalue weighted by molar-refractivity contribution is -0.149. The molecule has 6 heteroatoms. The van der Waals surface area contributed by atoms with E-state index in [9.17, 15) is 9.59 Å². The van der Waals surface area contributed by atoms with Gasteiger partial charge in [0.05, 0.1) is 18.2 Å². The number of hydrogen-bond donors (Lipinski definition) is 0. The molecule has 0 saturated carbocycles. The van der Waals surface area contributed by atoms with Gasteiger partial charge in [-0.25, -0.2) is 4.68 Å². The second-order valence-corrected chi connectivity index (χ2v) is 5.82. The second-order valence-electron chi connectivity index (χ2n) is 5.82. The molecule has 0 aliphatic carbocycles. The number of aromatic nitrogens is 2. The maximum atomic E-state index is 12.7. The van der Waals surface area contributed by atoms with Crippen molar-refractivity contribution in [1.82, 2.24) is 14.7 Å². The SMILES string of the molecule is CCOC(=O)C1CCN(C(=O)c2cccc(-n3cccn3)c2)CC1. The lowest BCUT2D eigenvalue weighted by Crippen LogP contribution is -2.40. The molecule has 1 aliphatic heterocycles. The summed E-state index contributed by atoms with van der Waals surface area (Å²) in [4.78, 5) is 26.3. The molecule has 0 atom stereocenters. The van der Waals surface area contributed by atoms with E-state index in [1.54, 1.807) is 15.8 Å². The number of carbonyl (C=O) groups excluding carboxylic acids is 2. The molecule has 0 radical (unpaired) electrons. The normalized spacial score (nSPS) is 15.3. The number of rotatable bonds is 4. The summed E-state index contributed by atoms with van der Waals surface area (Å²) in [7, 11) is 0. The number of hydrogen-bond acceptors (Lipinski definition) is 4. The molecule has 0 bridgehead atoms. The quantitative estimate of drug-likeness (QED) is 0.808. The third-order valence-electron chi connectivity index (χ3n) is 4.26. The Morgan fingerprint density at radius 3 is 2.71 bits per heavy atom. The zero-order valence-corrected chi connectivity index (χ0v) is 13.7. The minimum absolute atomic E-state index is 0.00804. The van der Waals surface area contributed by atoms with Crippen LogP contribution in [-0.2, 0) is 9.53 Å². The maximum Gasteiger partial charge on any atom is 0.309 e. The molecule has 2 aromatic rings. The Hall–Kier alpha value is -2.63. The Morgan fingerprint density at radius 1 is 1.25 bits per heavy atom. The fourth-order valence-electron chi connectivity index (χ4n) is 2.96. The average Bonchev–Trinajstić information content (AvgIpc) is 3.16. The fraction of sp³-hybridized carbons (Fsp3) is 0.389. The van der Waals surface area contributed by atoms with E-state index in [0.717, 1.165) is 5.69 Å². The van der Waals surface area contributed by atoms with E-state index in [-0.39, 0.29) is 17.8 Å². The monoisotopic (exact) mass is 327 g/mol. The van der Waals surface area contributed by atoms with Crippen LogP contribution in [0.25, 0.3) is 5.69 Å². The molecule has 1 amide bonds. The molecule has 0 unspecified atom stereocenters. The highest BCUT2D eigenvalue weighted by Crippen LogP contribution is 2.21. The largest absolute Gasteiger partial charge is 0.466 e. The molecule has 24 heavy (non-hydrogen) atoms. The van der Waals surface area contributed by atoms with Gasteiger partial charge in [0, 0.05) is 31.0 Å². The van der Waals surface area contributed by atoms with Crippen molar-refractivity contribution in [3.63, 3.8) is 0 Å². The van der Waals surface area contributed by atoms with Gasteiger partial charge in [-0.05, 0) is 44.0 Å². The summed E-state index contributed by atoms with van der Waals surface area (Å²) in [6.07, 6.45) is 4.86. The zero-order valence-electron chi connectivity index (χ0n) is 13.7. The molecule has 1 aromatic heterocycles. The summed E-state index contributed by atoms with van der Waals surface area (Å²) in [6, 6.07) is 9.26. The van der Waals surface area contributed by atoms with Crippen molar-refractivity contribution in [3.05, 3.63) is 48.3 Å². The molecule has 6 nitrogen and oxygen atoms in total. The van der Waals surface area contributed by atoms with Crippen LogP contribution < -0.4 is 0 Å². The van der Waals surface area contributed by atoms with Gasteiger partial charge in [-0.3, -0.25) is 9.59 Å². The van der Waals surface area contributed by atoms with Crippen molar-refractivity contribution >= 4 is 11.9 Å². The Bertz CT molecular complexity index is 704. The minimum Gasteiger partial charge on any atom is -0.466 e. The number of ether oxygens (including phenoxy) is 1. The van der Waals surface area contributed by atoms with E-state index >= 15 is 0 Å². The Morgan fingerprint density at radius 2 is 2.04 bits per heavy atom. The lowest BCUT2D eigenvalue weighted by atomic mass is 9.96. The predicted octanol–water partition coefficient (Wildman–Crippen LogP) is 2.29. The molecule has 1 saturated heterocycles. The Kier molecular flexibility index (Phi) is 4.93. The highest BCUT2D eigenvalue weighted by molar-refractivity contribution is 5.95. The van der Waals surface area contributed by atoms with Gasteiger partial charge in [0.15, 0.2) is 0 Å². The van der Waals surface area contributed by atoms with Crippen LogP contribution in [0.2, 0.25) is 0 Å². The first kappa shape index (κ1) is 16.2. The van der Waals surface area contributed by atoms with Crippen LogP contribution in [0.1, 0.15) is 30.1 Å². The number of carbonyl (C=O) groups is 2. The van der Waals surface area contributed by atoms with E-state index in [2.05, 4.69) is 5.10 Å². The molecule has 1 aromatic carbocycles. The van der Waals surface area contributed by atoms with Crippen LogP contribution in [-0.4, -0.2) is 46.3 Å². The highest BCUT2D eigenvalue weighted by Gasteiger charge is 2.28. The standard InChI is InChI=1S/C18H21N3O3/c1-2-24-18(23)14-7-11-20(12-8-14)17(22)15-5-3-6-16(13-15)21-10-4-9-19-21/h3-6,9-10,13-14H,2,7-8,11-12H2,1H3. The lowest BCUT2D eigenvalue weighted by Gasteiger charge is -2.31. The molecule has 126 valence electrons. The summed E-state index contributed by atoms with van der Waals surface area (Å²) >= 11 is 0. The van der Waals surface area contributed by atoms with E-state index in [1.165, 1.54) is 0 Å². The van der Waals surface area contributed by atoms with Gasteiger partial charge < -0.3 is 9.64 Å². The first-order valence-corrected chi connectivity index (χ1v) is 8.25. The van der Waals surface area contributed by atoms with Gasteiger partial charge in [0.1, 0.15) is 0 Å². The third-order valence-corrected chi connectivity index (χ3v) is 4.26. The number of benzene rings is 1. The van der Waals surface area contributed by atoms with Crippen molar-refractivity contribution in [2.24, 2.45) is 5.92 Å². The molecule has 0 spiro atoms. The van der Waals surface area contributed by atoms with E-state index in [0.29, 0.717) is 38.1 Å². The van der Waals surface area contributed by atoms with Crippen molar-refractivity contribution in [2.75, 3.05) is 19.7 Å². The summed E-state index contributed by atoms with van der Waals surface area (Å²) in [6.45, 7) is 3.37. The molecule has 3 rings (SSSR count). The topological polar surface area (TPSA) is 64.4 Å². The number of likely N-dealkylation sites (tertiary alicyclic amines) is 1. The third kappa shape index (κ3) is 3.48. The van der Waals surface area contributed by atoms with E-state index in [1.807, 2.05) is 43.5 Å². The Balaban J connectivity index is 1.66. The number of nitrogens with zero attached hydrogens (tertiary/aromatic N) is 3. The summed E-state index contributed by atoms with van der Waals surface area (Å²) in [5.41, 5.74) is 1.49. The van der Waals surface area contributed by atoms with Crippen LogP contribution in [0.5, 0.6) is 0 Å². The summed E-state index contributed by atoms with van der Waals surface area (Å²) < 4.78 is 6.79. The van der Waals surface area contributed by atoms with Crippen molar-refractivity contribution in [1.29, 1.82) is 0 Å². The van der Waals surface area contributed by atoms with Gasteiger partial charge in [-0.15, -0.1) is 0 Å². The molecular weight excluding hydrogens is 306 g/mol. The van der Waals surface area contributed by atoms with Crippen LogP contribution >= 0.6 is 0 Å². The molecule has 0 N–H and O–H groups in total. The Labute approximate surface area is 141 Å². The van der Waals surface area contributed by atoms with Gasteiger partial charge >= 0.3 is 5.97 Å². The summed E-state index contributed by atoms with van der Waals surface area (Å²) in [5, 5.41) is 4.19. The molecule has 2 heterocycles. The zero-order chi connectivity index (χ0) is 16.9. The van der Waals surface area contributed by atoms with Crippen LogP contribution in [0.4, 0.5) is 0 Å². The highest BCUT2D eigenvalue weighted by atomic mass is 16.5. The predicted molar refractivity (Wildman–Crippen MR) is 88.8 cm³/mol. The van der Waals surface area contributed by atoms with E-state index < -0.39 is 0 Å². The fourth-order valence-corrected chi connectivity index (χ4v) is 2.96. The van der Waals surface area contributed by atoms with Gasteiger partial charge in [0.2, 0.25) is 0 Å². The van der Waals surface area contributed by atoms with Crippen molar-refractivity contribution < 1.29 is 14.3 Å².